The van der Waals surface area contributed by atoms with Crippen molar-refractivity contribution in [3.63, 3.8) is 0 Å². The van der Waals surface area contributed by atoms with E-state index in [2.05, 4.69) is 19.9 Å². The summed E-state index contributed by atoms with van der Waals surface area (Å²) in [6.45, 7) is 0. The standard InChI is InChI=1S/C5H5N5O.Cu.3H2O/c6-5-9-3-2(4(11)10-5)7-1-8-3;;;;/h1H,(H4,6,7,8,9,10,11);;3*1H2. The Kier molecular flexibility index (Phi) is 8.85. The number of aromatic nitrogens is 4. The van der Waals surface area contributed by atoms with Crippen molar-refractivity contribution < 1.29 is 33.5 Å². The first-order valence-corrected chi connectivity index (χ1v) is 2.96. The van der Waals surface area contributed by atoms with E-state index >= 15 is 0 Å². The summed E-state index contributed by atoms with van der Waals surface area (Å²) < 4.78 is 0. The fourth-order valence-corrected chi connectivity index (χ4v) is 0.860. The molecule has 2 rings (SSSR count). The Morgan fingerprint density at radius 1 is 1.27 bits per heavy atom. The zero-order chi connectivity index (χ0) is 7.84. The fraction of sp³-hybridized carbons (Fsp3) is 0. The minimum atomic E-state index is -0.301. The molecule has 0 aliphatic carbocycles. The zero-order valence-electron chi connectivity index (χ0n) is 7.26. The second kappa shape index (κ2) is 6.92. The molecule has 2 heterocycles. The second-order valence-corrected chi connectivity index (χ2v) is 2.05. The van der Waals surface area contributed by atoms with Crippen LogP contribution in [0.1, 0.15) is 0 Å². The SMILES string of the molecule is Nc1nc2nc[nH]c2c(=O)[nH]1.O.O.O.[Cu]. The Bertz CT molecular complexity index is 454. The molecular formula is C5H11CuN5O4. The van der Waals surface area contributed by atoms with Crippen LogP contribution in [0.3, 0.4) is 0 Å². The number of anilines is 1. The van der Waals surface area contributed by atoms with Crippen LogP contribution in [0.2, 0.25) is 0 Å². The van der Waals surface area contributed by atoms with Crippen molar-refractivity contribution in [2.45, 2.75) is 0 Å². The second-order valence-electron chi connectivity index (χ2n) is 2.05. The average molecular weight is 269 g/mol. The maximum atomic E-state index is 11.0. The van der Waals surface area contributed by atoms with E-state index < -0.39 is 0 Å². The number of aromatic amines is 2. The number of hydrogen-bond acceptors (Lipinski definition) is 4. The van der Waals surface area contributed by atoms with Gasteiger partial charge in [-0.3, -0.25) is 9.78 Å². The Balaban J connectivity index is -0.000000360. The molecule has 10 N–H and O–H groups in total. The van der Waals surface area contributed by atoms with Crippen LogP contribution in [0.15, 0.2) is 11.1 Å². The van der Waals surface area contributed by atoms with Gasteiger partial charge in [-0.1, -0.05) is 0 Å². The summed E-state index contributed by atoms with van der Waals surface area (Å²) in [7, 11) is 0. The van der Waals surface area contributed by atoms with Crippen LogP contribution in [0.4, 0.5) is 5.95 Å². The number of nitrogens with one attached hydrogen (secondary N) is 2. The first-order chi connectivity index (χ1) is 5.27. The van der Waals surface area contributed by atoms with E-state index in [1.165, 1.54) is 6.33 Å². The molecule has 0 saturated heterocycles. The summed E-state index contributed by atoms with van der Waals surface area (Å²) in [6, 6.07) is 0. The summed E-state index contributed by atoms with van der Waals surface area (Å²) in [6.07, 6.45) is 1.40. The zero-order valence-corrected chi connectivity index (χ0v) is 8.20. The number of nitrogens with zero attached hydrogens (tertiary/aromatic N) is 2. The number of H-pyrrole nitrogens is 2. The third kappa shape index (κ3) is 3.31. The summed E-state index contributed by atoms with van der Waals surface area (Å²) >= 11 is 0. The van der Waals surface area contributed by atoms with Crippen LogP contribution < -0.4 is 11.3 Å². The van der Waals surface area contributed by atoms with Crippen LogP contribution in [-0.2, 0) is 17.1 Å². The van der Waals surface area contributed by atoms with E-state index in [0.29, 0.717) is 11.2 Å². The molecule has 0 unspecified atom stereocenters. The van der Waals surface area contributed by atoms with Gasteiger partial charge in [0.15, 0.2) is 11.2 Å². The van der Waals surface area contributed by atoms with Crippen molar-refractivity contribution in [2.75, 3.05) is 5.73 Å². The van der Waals surface area contributed by atoms with Crippen LogP contribution in [0.5, 0.6) is 0 Å². The van der Waals surface area contributed by atoms with Gasteiger partial charge in [-0.15, -0.1) is 0 Å². The van der Waals surface area contributed by atoms with Crippen molar-refractivity contribution in [2.24, 2.45) is 0 Å². The van der Waals surface area contributed by atoms with Gasteiger partial charge < -0.3 is 27.1 Å². The van der Waals surface area contributed by atoms with Gasteiger partial charge in [0.25, 0.3) is 5.56 Å². The third-order valence-corrected chi connectivity index (χ3v) is 1.31. The summed E-state index contributed by atoms with van der Waals surface area (Å²) in [4.78, 5) is 23.5. The summed E-state index contributed by atoms with van der Waals surface area (Å²) in [5.74, 6) is 0.0783. The van der Waals surface area contributed by atoms with Gasteiger partial charge >= 0.3 is 0 Å². The number of imidazole rings is 1. The van der Waals surface area contributed by atoms with E-state index in [-0.39, 0.29) is 45.0 Å². The predicted octanol–water partition coefficient (Wildman–Crippen LogP) is -3.25. The largest absolute Gasteiger partial charge is 0.412 e. The molecule has 0 bridgehead atoms. The molecule has 2 aromatic rings. The summed E-state index contributed by atoms with van der Waals surface area (Å²) in [5.41, 5.74) is 5.65. The minimum Gasteiger partial charge on any atom is -0.412 e. The topological polar surface area (TPSA) is 195 Å². The monoisotopic (exact) mass is 268 g/mol. The number of rotatable bonds is 0. The molecule has 0 saturated carbocycles. The van der Waals surface area contributed by atoms with Gasteiger partial charge in [0, 0.05) is 17.1 Å². The van der Waals surface area contributed by atoms with E-state index in [4.69, 9.17) is 5.73 Å². The average Bonchev–Trinajstić information content (AvgIpc) is 2.34. The van der Waals surface area contributed by atoms with Crippen LogP contribution >= 0.6 is 0 Å². The molecule has 91 valence electrons. The summed E-state index contributed by atoms with van der Waals surface area (Å²) in [5, 5.41) is 0. The molecule has 0 aromatic carbocycles. The predicted molar refractivity (Wildman–Crippen MR) is 49.8 cm³/mol. The van der Waals surface area contributed by atoms with Crippen molar-refractivity contribution in [1.29, 1.82) is 0 Å². The van der Waals surface area contributed by atoms with E-state index in [1.807, 2.05) is 0 Å². The van der Waals surface area contributed by atoms with E-state index in [9.17, 15) is 4.79 Å². The van der Waals surface area contributed by atoms with Crippen molar-refractivity contribution in [3.05, 3.63) is 16.7 Å². The molecule has 9 nitrogen and oxygen atoms in total. The van der Waals surface area contributed by atoms with Crippen molar-refractivity contribution in [3.8, 4) is 0 Å². The number of nitrogen functional groups attached to an aromatic ring is 1. The Morgan fingerprint density at radius 3 is 2.47 bits per heavy atom. The molecule has 0 fully saturated rings. The Hall–Kier alpha value is -1.45. The van der Waals surface area contributed by atoms with E-state index in [0.717, 1.165) is 0 Å². The van der Waals surface area contributed by atoms with E-state index in [1.54, 1.807) is 0 Å². The fourth-order valence-electron chi connectivity index (χ4n) is 0.860. The molecule has 0 atom stereocenters. The molecule has 0 amide bonds. The smallest absolute Gasteiger partial charge is 0.278 e. The van der Waals surface area contributed by atoms with Gasteiger partial charge in [-0.25, -0.2) is 4.98 Å². The van der Waals surface area contributed by atoms with Gasteiger partial charge in [0.05, 0.1) is 6.33 Å². The number of fused-ring (bicyclic) bond motifs is 1. The maximum Gasteiger partial charge on any atom is 0.278 e. The first-order valence-electron chi connectivity index (χ1n) is 2.96. The van der Waals surface area contributed by atoms with Crippen LogP contribution in [0.25, 0.3) is 11.2 Å². The van der Waals surface area contributed by atoms with Crippen LogP contribution in [0, 0.1) is 0 Å². The van der Waals surface area contributed by atoms with Crippen molar-refractivity contribution >= 4 is 17.1 Å². The quantitative estimate of drug-likeness (QED) is 0.422. The van der Waals surface area contributed by atoms with Gasteiger partial charge in [0.1, 0.15) is 0 Å². The van der Waals surface area contributed by atoms with Gasteiger partial charge in [0.2, 0.25) is 5.95 Å². The Labute approximate surface area is 93.5 Å². The molecule has 0 aliphatic rings. The molecular weight excluding hydrogens is 258 g/mol. The number of nitrogens with two attached hydrogens (primary N) is 1. The Morgan fingerprint density at radius 2 is 1.87 bits per heavy atom. The minimum absolute atomic E-state index is 0. The van der Waals surface area contributed by atoms with Crippen molar-refractivity contribution in [1.82, 2.24) is 19.9 Å². The molecule has 10 heteroatoms. The third-order valence-electron chi connectivity index (χ3n) is 1.31. The normalized spacial score (nSPS) is 7.73. The molecule has 2 aromatic heterocycles. The molecule has 0 spiro atoms. The maximum absolute atomic E-state index is 11.0. The molecule has 0 aliphatic heterocycles. The van der Waals surface area contributed by atoms with Crippen LogP contribution in [-0.4, -0.2) is 36.4 Å². The van der Waals surface area contributed by atoms with Gasteiger partial charge in [-0.2, -0.15) is 4.98 Å². The molecule has 1 radical (unpaired) electrons. The molecule has 15 heavy (non-hydrogen) atoms. The first kappa shape index (κ1) is 19.2. The van der Waals surface area contributed by atoms with Gasteiger partial charge in [-0.05, 0) is 0 Å². The number of hydrogen-bond donors (Lipinski definition) is 3.